The first-order valence-electron chi connectivity index (χ1n) is 15.5. The minimum Gasteiger partial charge on any atom is -0.473 e. The predicted molar refractivity (Wildman–Crippen MR) is 166 cm³/mol. The maximum absolute atomic E-state index is 14.3. The van der Waals surface area contributed by atoms with Gasteiger partial charge in [-0.25, -0.2) is 19.2 Å². The molecular formula is C35H38FN5O4. The van der Waals surface area contributed by atoms with Crippen molar-refractivity contribution >= 4 is 17.0 Å². The number of carbonyl (C=O) groups excluding carboxylic acids is 1. The fourth-order valence-electron chi connectivity index (χ4n) is 5.80. The fraction of sp³-hybridized carbons (Fsp3) is 0.429. The van der Waals surface area contributed by atoms with E-state index in [2.05, 4.69) is 9.47 Å². The number of nitriles is 1. The van der Waals surface area contributed by atoms with Gasteiger partial charge in [0.1, 0.15) is 23.8 Å². The van der Waals surface area contributed by atoms with Gasteiger partial charge in [-0.2, -0.15) is 5.26 Å². The molecule has 0 spiro atoms. The number of likely N-dealkylation sites (tertiary alicyclic amines) is 1. The first-order chi connectivity index (χ1) is 21.6. The molecule has 6 rings (SSSR count). The van der Waals surface area contributed by atoms with Gasteiger partial charge < -0.3 is 18.8 Å². The SMILES string of the molecule is CC(C)(C)OC(=O)c1ccc2nc(CN3CCC(c4cccc(OCc5ccc(C#N)cc5F)n4)CC3)n(C[C@@H]3CCO3)c2c1. The van der Waals surface area contributed by atoms with Crippen LogP contribution in [-0.4, -0.2) is 56.8 Å². The Morgan fingerprint density at radius 2 is 1.89 bits per heavy atom. The summed E-state index contributed by atoms with van der Waals surface area (Å²) in [5, 5.41) is 8.96. The van der Waals surface area contributed by atoms with Crippen molar-refractivity contribution in [3.8, 4) is 11.9 Å². The van der Waals surface area contributed by atoms with Crippen LogP contribution < -0.4 is 4.74 Å². The highest BCUT2D eigenvalue weighted by molar-refractivity contribution is 5.94. The molecule has 2 fully saturated rings. The molecule has 2 aromatic carbocycles. The number of hydrogen-bond donors (Lipinski definition) is 0. The molecule has 1 atom stereocenters. The number of halogens is 1. The number of ether oxygens (including phenoxy) is 3. The average molecular weight is 612 g/mol. The van der Waals surface area contributed by atoms with Crippen molar-refractivity contribution in [3.05, 3.63) is 88.6 Å². The van der Waals surface area contributed by atoms with E-state index in [9.17, 15) is 9.18 Å². The second-order valence-electron chi connectivity index (χ2n) is 12.8. The third-order valence-electron chi connectivity index (χ3n) is 8.32. The van der Waals surface area contributed by atoms with Crippen LogP contribution in [0.1, 0.15) is 79.0 Å². The smallest absolute Gasteiger partial charge is 0.338 e. The standard InChI is InChI=1S/C35H38FN5O4/c1-35(2,3)45-34(42)25-9-10-30-31(18-25)41(20-27-13-16-43-27)32(38-30)21-40-14-11-24(12-15-40)29-5-4-6-33(39-29)44-22-26-8-7-23(19-37)17-28(26)36/h4-10,17-18,24,27H,11-16,20-22H2,1-3H3/t27-/m0/s1. The Labute approximate surface area is 262 Å². The lowest BCUT2D eigenvalue weighted by molar-refractivity contribution is -0.0592. The Bertz CT molecular complexity index is 1730. The van der Waals surface area contributed by atoms with Crippen LogP contribution in [0.5, 0.6) is 5.88 Å². The summed E-state index contributed by atoms with van der Waals surface area (Å²) in [6.45, 7) is 9.59. The van der Waals surface area contributed by atoms with Crippen molar-refractivity contribution < 1.29 is 23.4 Å². The van der Waals surface area contributed by atoms with Crippen LogP contribution in [0.2, 0.25) is 0 Å². The largest absolute Gasteiger partial charge is 0.473 e. The maximum Gasteiger partial charge on any atom is 0.338 e. The molecule has 4 heterocycles. The van der Waals surface area contributed by atoms with Crippen LogP contribution in [0, 0.1) is 17.1 Å². The van der Waals surface area contributed by atoms with Crippen LogP contribution in [0.25, 0.3) is 11.0 Å². The topological polar surface area (TPSA) is 102 Å². The molecule has 0 bridgehead atoms. The van der Waals surface area contributed by atoms with Crippen LogP contribution in [-0.2, 0) is 29.2 Å². The molecule has 2 saturated heterocycles. The molecule has 2 aromatic heterocycles. The van der Waals surface area contributed by atoms with Crippen molar-refractivity contribution in [2.24, 2.45) is 0 Å². The Hall–Kier alpha value is -4.33. The molecule has 4 aromatic rings. The number of aromatic nitrogens is 3. The lowest BCUT2D eigenvalue weighted by atomic mass is 9.93. The van der Waals surface area contributed by atoms with Gasteiger partial charge in [0.25, 0.3) is 0 Å². The van der Waals surface area contributed by atoms with Gasteiger partial charge in [-0.15, -0.1) is 0 Å². The summed E-state index contributed by atoms with van der Waals surface area (Å²) in [7, 11) is 0. The molecule has 45 heavy (non-hydrogen) atoms. The molecule has 2 aliphatic heterocycles. The number of pyridine rings is 1. The lowest BCUT2D eigenvalue weighted by Gasteiger charge is -2.32. The number of hydrogen-bond acceptors (Lipinski definition) is 8. The summed E-state index contributed by atoms with van der Waals surface area (Å²) < 4.78 is 33.7. The van der Waals surface area contributed by atoms with Gasteiger partial charge >= 0.3 is 5.97 Å². The molecule has 0 unspecified atom stereocenters. The molecule has 0 aliphatic carbocycles. The summed E-state index contributed by atoms with van der Waals surface area (Å²) in [5.41, 5.74) is 3.34. The van der Waals surface area contributed by atoms with Gasteiger partial charge in [-0.1, -0.05) is 12.1 Å². The summed E-state index contributed by atoms with van der Waals surface area (Å²) in [4.78, 5) is 24.9. The minimum absolute atomic E-state index is 0.0403. The number of benzene rings is 2. The number of rotatable bonds is 9. The van der Waals surface area contributed by atoms with E-state index in [1.54, 1.807) is 24.3 Å². The third kappa shape index (κ3) is 7.32. The van der Waals surface area contributed by atoms with E-state index >= 15 is 0 Å². The number of esters is 1. The fourth-order valence-corrected chi connectivity index (χ4v) is 5.80. The van der Waals surface area contributed by atoms with E-state index in [-0.39, 0.29) is 30.2 Å². The second kappa shape index (κ2) is 13.0. The van der Waals surface area contributed by atoms with Gasteiger partial charge in [0.15, 0.2) is 0 Å². The van der Waals surface area contributed by atoms with Crippen LogP contribution in [0.4, 0.5) is 4.39 Å². The number of fused-ring (bicyclic) bond motifs is 1. The van der Waals surface area contributed by atoms with E-state index in [0.717, 1.165) is 61.5 Å². The molecule has 0 N–H and O–H groups in total. The molecule has 10 heteroatoms. The highest BCUT2D eigenvalue weighted by atomic mass is 19.1. The van der Waals surface area contributed by atoms with Crippen molar-refractivity contribution in [2.45, 2.75) is 77.4 Å². The molecule has 9 nitrogen and oxygen atoms in total. The van der Waals surface area contributed by atoms with Crippen molar-refractivity contribution in [3.63, 3.8) is 0 Å². The van der Waals surface area contributed by atoms with E-state index in [1.165, 1.54) is 6.07 Å². The van der Waals surface area contributed by atoms with Gasteiger partial charge in [-0.05, 0) is 89.5 Å². The molecule has 0 radical (unpaired) electrons. The quantitative estimate of drug-likeness (QED) is 0.208. The number of piperidine rings is 1. The first-order valence-corrected chi connectivity index (χ1v) is 15.5. The molecule has 0 amide bonds. The zero-order chi connectivity index (χ0) is 31.6. The monoisotopic (exact) mass is 611 g/mol. The number of carbonyl (C=O) groups is 1. The zero-order valence-electron chi connectivity index (χ0n) is 26.0. The molecular weight excluding hydrogens is 573 g/mol. The van der Waals surface area contributed by atoms with E-state index in [1.807, 2.05) is 51.1 Å². The molecule has 2 aliphatic rings. The Balaban J connectivity index is 1.11. The second-order valence-corrected chi connectivity index (χ2v) is 12.8. The number of imidazole rings is 1. The average Bonchev–Trinajstić information content (AvgIpc) is 3.33. The maximum atomic E-state index is 14.3. The minimum atomic E-state index is -0.571. The third-order valence-corrected chi connectivity index (χ3v) is 8.32. The van der Waals surface area contributed by atoms with E-state index in [4.69, 9.17) is 29.4 Å². The van der Waals surface area contributed by atoms with Crippen molar-refractivity contribution in [2.75, 3.05) is 19.7 Å². The van der Waals surface area contributed by atoms with Gasteiger partial charge in [-0.3, -0.25) is 4.90 Å². The van der Waals surface area contributed by atoms with Crippen molar-refractivity contribution in [1.29, 1.82) is 5.26 Å². The summed E-state index contributed by atoms with van der Waals surface area (Å²) in [5.74, 6) is 0.898. The highest BCUT2D eigenvalue weighted by Crippen LogP contribution is 2.30. The van der Waals surface area contributed by atoms with Crippen molar-refractivity contribution in [1.82, 2.24) is 19.4 Å². The van der Waals surface area contributed by atoms with Gasteiger partial charge in [0.2, 0.25) is 5.88 Å². The zero-order valence-corrected chi connectivity index (χ0v) is 26.0. The van der Waals surface area contributed by atoms with Gasteiger partial charge in [0.05, 0.1) is 47.4 Å². The molecule has 0 saturated carbocycles. The molecule has 234 valence electrons. The Kier molecular flexibility index (Phi) is 8.83. The Morgan fingerprint density at radius 1 is 1.09 bits per heavy atom. The van der Waals surface area contributed by atoms with E-state index in [0.29, 0.717) is 30.1 Å². The summed E-state index contributed by atoms with van der Waals surface area (Å²) >= 11 is 0. The number of nitrogens with zero attached hydrogens (tertiary/aromatic N) is 5. The normalized spacial score (nSPS) is 17.5. The van der Waals surface area contributed by atoms with Crippen LogP contribution in [0.15, 0.2) is 54.6 Å². The first kappa shape index (κ1) is 30.7. The summed E-state index contributed by atoms with van der Waals surface area (Å²) in [6.07, 6.45) is 3.03. The summed E-state index contributed by atoms with van der Waals surface area (Å²) in [6, 6.07) is 17.6. The Morgan fingerprint density at radius 3 is 2.58 bits per heavy atom. The highest BCUT2D eigenvalue weighted by Gasteiger charge is 2.27. The van der Waals surface area contributed by atoms with Crippen LogP contribution in [0.3, 0.4) is 0 Å². The lowest BCUT2D eigenvalue weighted by Crippen LogP contribution is -2.35. The van der Waals surface area contributed by atoms with E-state index < -0.39 is 11.4 Å². The van der Waals surface area contributed by atoms with Crippen LogP contribution >= 0.6 is 0 Å². The predicted octanol–water partition coefficient (Wildman–Crippen LogP) is 6.14. The van der Waals surface area contributed by atoms with Gasteiger partial charge in [0, 0.05) is 29.8 Å².